The zero-order valence-corrected chi connectivity index (χ0v) is 8.66. The number of rotatable bonds is 4. The molecular weight excluding hydrogens is 176 g/mol. The van der Waals surface area contributed by atoms with Crippen molar-refractivity contribution in [2.75, 3.05) is 5.73 Å². The first kappa shape index (κ1) is 9.52. The minimum Gasteiger partial charge on any atom is -0.396 e. The summed E-state index contributed by atoms with van der Waals surface area (Å²) in [6.07, 6.45) is 5.71. The highest BCUT2D eigenvalue weighted by Crippen LogP contribution is 2.19. The van der Waals surface area contributed by atoms with Gasteiger partial charge in [-0.05, 0) is 19.8 Å². The zero-order chi connectivity index (χ0) is 9.97. The SMILES string of the molecule is CCn1ncc(N)c1CNC1CCC1. The lowest BCUT2D eigenvalue weighted by atomic mass is 9.93. The molecule has 1 fully saturated rings. The molecule has 0 aliphatic heterocycles. The lowest BCUT2D eigenvalue weighted by Gasteiger charge is -2.26. The lowest BCUT2D eigenvalue weighted by Crippen LogP contribution is -2.35. The van der Waals surface area contributed by atoms with Gasteiger partial charge in [0.1, 0.15) is 0 Å². The highest BCUT2D eigenvalue weighted by Gasteiger charge is 2.17. The normalized spacial score (nSPS) is 16.9. The number of nitrogens with zero attached hydrogens (tertiary/aromatic N) is 2. The molecule has 14 heavy (non-hydrogen) atoms. The average molecular weight is 194 g/mol. The second kappa shape index (κ2) is 4.00. The summed E-state index contributed by atoms with van der Waals surface area (Å²) < 4.78 is 1.96. The van der Waals surface area contributed by atoms with Gasteiger partial charge in [0.2, 0.25) is 0 Å². The third-order valence-corrected chi connectivity index (χ3v) is 2.94. The first-order valence-corrected chi connectivity index (χ1v) is 5.34. The number of hydrogen-bond acceptors (Lipinski definition) is 3. The minimum absolute atomic E-state index is 0.703. The van der Waals surface area contributed by atoms with Gasteiger partial charge in [0.15, 0.2) is 0 Å². The van der Waals surface area contributed by atoms with Gasteiger partial charge in [-0.15, -0.1) is 0 Å². The van der Waals surface area contributed by atoms with Crippen molar-refractivity contribution in [3.63, 3.8) is 0 Å². The summed E-state index contributed by atoms with van der Waals surface area (Å²) in [5.74, 6) is 0. The largest absolute Gasteiger partial charge is 0.396 e. The topological polar surface area (TPSA) is 55.9 Å². The molecule has 0 radical (unpaired) electrons. The fourth-order valence-electron chi connectivity index (χ4n) is 1.74. The van der Waals surface area contributed by atoms with Crippen LogP contribution >= 0.6 is 0 Å². The quantitative estimate of drug-likeness (QED) is 0.755. The Bertz CT molecular complexity index is 301. The summed E-state index contributed by atoms with van der Waals surface area (Å²) in [7, 11) is 0. The van der Waals surface area contributed by atoms with E-state index in [1.807, 2.05) is 4.68 Å². The van der Waals surface area contributed by atoms with E-state index in [1.165, 1.54) is 19.3 Å². The van der Waals surface area contributed by atoms with E-state index in [4.69, 9.17) is 5.73 Å². The zero-order valence-electron chi connectivity index (χ0n) is 8.66. The van der Waals surface area contributed by atoms with Crippen LogP contribution in [-0.4, -0.2) is 15.8 Å². The van der Waals surface area contributed by atoms with Crippen molar-refractivity contribution in [1.29, 1.82) is 0 Å². The van der Waals surface area contributed by atoms with Gasteiger partial charge in [-0.3, -0.25) is 4.68 Å². The molecule has 4 heteroatoms. The second-order valence-corrected chi connectivity index (χ2v) is 3.87. The maximum Gasteiger partial charge on any atom is 0.0751 e. The van der Waals surface area contributed by atoms with E-state index < -0.39 is 0 Å². The molecule has 1 aliphatic rings. The van der Waals surface area contributed by atoms with Gasteiger partial charge in [0.05, 0.1) is 17.6 Å². The molecule has 2 rings (SSSR count). The van der Waals surface area contributed by atoms with Gasteiger partial charge in [0, 0.05) is 19.1 Å². The van der Waals surface area contributed by atoms with E-state index in [9.17, 15) is 0 Å². The number of anilines is 1. The van der Waals surface area contributed by atoms with E-state index in [0.717, 1.165) is 24.5 Å². The van der Waals surface area contributed by atoms with Gasteiger partial charge in [-0.2, -0.15) is 5.10 Å². The average Bonchev–Trinajstić information content (AvgIpc) is 2.45. The molecule has 78 valence electrons. The first-order valence-electron chi connectivity index (χ1n) is 5.34. The van der Waals surface area contributed by atoms with E-state index >= 15 is 0 Å². The third-order valence-electron chi connectivity index (χ3n) is 2.94. The summed E-state index contributed by atoms with van der Waals surface area (Å²) in [4.78, 5) is 0. The van der Waals surface area contributed by atoms with Crippen LogP contribution in [0, 0.1) is 0 Å². The molecule has 1 aromatic heterocycles. The molecule has 3 N–H and O–H groups in total. The van der Waals surface area contributed by atoms with Crippen molar-refractivity contribution >= 4 is 5.69 Å². The Hall–Kier alpha value is -1.03. The number of nitrogen functional groups attached to an aromatic ring is 1. The van der Waals surface area contributed by atoms with Gasteiger partial charge >= 0.3 is 0 Å². The molecule has 1 heterocycles. The fraction of sp³-hybridized carbons (Fsp3) is 0.700. The van der Waals surface area contributed by atoms with E-state index in [1.54, 1.807) is 6.20 Å². The standard InChI is InChI=1S/C10H18N4/c1-2-14-10(9(11)6-13-14)7-12-8-4-3-5-8/h6,8,12H,2-5,7,11H2,1H3. The Kier molecular flexibility index (Phi) is 2.72. The first-order chi connectivity index (χ1) is 6.81. The van der Waals surface area contributed by atoms with Crippen LogP contribution in [0.4, 0.5) is 5.69 Å². The second-order valence-electron chi connectivity index (χ2n) is 3.87. The van der Waals surface area contributed by atoms with Crippen molar-refractivity contribution in [1.82, 2.24) is 15.1 Å². The van der Waals surface area contributed by atoms with Crippen LogP contribution in [-0.2, 0) is 13.1 Å². The summed E-state index contributed by atoms with van der Waals surface area (Å²) in [5, 5.41) is 7.70. The molecule has 0 saturated heterocycles. The molecule has 0 atom stereocenters. The highest BCUT2D eigenvalue weighted by molar-refractivity contribution is 5.40. The Labute approximate surface area is 84.5 Å². The van der Waals surface area contributed by atoms with Crippen LogP contribution < -0.4 is 11.1 Å². The maximum atomic E-state index is 5.84. The minimum atomic E-state index is 0.703. The molecule has 1 saturated carbocycles. The van der Waals surface area contributed by atoms with Crippen molar-refractivity contribution in [3.8, 4) is 0 Å². The molecule has 0 bridgehead atoms. The molecule has 1 aromatic rings. The number of nitrogens with two attached hydrogens (primary N) is 1. The summed E-state index contributed by atoms with van der Waals surface area (Å²) in [6.45, 7) is 3.82. The third kappa shape index (κ3) is 1.75. The van der Waals surface area contributed by atoms with Crippen LogP contribution in [0.15, 0.2) is 6.20 Å². The van der Waals surface area contributed by atoms with Crippen LogP contribution in [0.5, 0.6) is 0 Å². The number of nitrogens with one attached hydrogen (secondary N) is 1. The maximum absolute atomic E-state index is 5.84. The molecule has 4 nitrogen and oxygen atoms in total. The molecule has 0 spiro atoms. The fourth-order valence-corrected chi connectivity index (χ4v) is 1.74. The van der Waals surface area contributed by atoms with Crippen molar-refractivity contribution < 1.29 is 0 Å². The molecule has 0 amide bonds. The molecule has 1 aliphatic carbocycles. The molecule has 0 aromatic carbocycles. The summed E-state index contributed by atoms with van der Waals surface area (Å²) in [5.41, 5.74) is 7.77. The van der Waals surface area contributed by atoms with Crippen molar-refractivity contribution in [3.05, 3.63) is 11.9 Å². The van der Waals surface area contributed by atoms with Gasteiger partial charge in [-0.25, -0.2) is 0 Å². The van der Waals surface area contributed by atoms with Gasteiger partial charge in [0.25, 0.3) is 0 Å². The Morgan fingerprint density at radius 2 is 2.43 bits per heavy atom. The number of hydrogen-bond donors (Lipinski definition) is 2. The molecular formula is C10H18N4. The smallest absolute Gasteiger partial charge is 0.0751 e. The predicted molar refractivity (Wildman–Crippen MR) is 56.8 cm³/mol. The van der Waals surface area contributed by atoms with Gasteiger partial charge in [-0.1, -0.05) is 6.42 Å². The number of aryl methyl sites for hydroxylation is 1. The van der Waals surface area contributed by atoms with E-state index in [-0.39, 0.29) is 0 Å². The Balaban J connectivity index is 1.95. The lowest BCUT2D eigenvalue weighted by molar-refractivity contribution is 0.334. The monoisotopic (exact) mass is 194 g/mol. The van der Waals surface area contributed by atoms with Crippen LogP contribution in [0.3, 0.4) is 0 Å². The Morgan fingerprint density at radius 3 is 3.00 bits per heavy atom. The summed E-state index contributed by atoms with van der Waals surface area (Å²) in [6, 6.07) is 0.703. The van der Waals surface area contributed by atoms with Crippen molar-refractivity contribution in [2.24, 2.45) is 0 Å². The van der Waals surface area contributed by atoms with E-state index in [0.29, 0.717) is 6.04 Å². The molecule has 0 unspecified atom stereocenters. The van der Waals surface area contributed by atoms with Crippen molar-refractivity contribution in [2.45, 2.75) is 45.3 Å². The van der Waals surface area contributed by atoms with Crippen LogP contribution in [0.2, 0.25) is 0 Å². The van der Waals surface area contributed by atoms with Gasteiger partial charge < -0.3 is 11.1 Å². The van der Waals surface area contributed by atoms with Crippen LogP contribution in [0.1, 0.15) is 31.9 Å². The highest BCUT2D eigenvalue weighted by atomic mass is 15.3. The predicted octanol–water partition coefficient (Wildman–Crippen LogP) is 1.13. The Morgan fingerprint density at radius 1 is 1.64 bits per heavy atom. The van der Waals surface area contributed by atoms with Crippen LogP contribution in [0.25, 0.3) is 0 Å². The van der Waals surface area contributed by atoms with E-state index in [2.05, 4.69) is 17.3 Å². The summed E-state index contributed by atoms with van der Waals surface area (Å²) >= 11 is 0. The number of aromatic nitrogens is 2.